The van der Waals surface area contributed by atoms with E-state index in [1.54, 1.807) is 6.07 Å². The average Bonchev–Trinajstić information content (AvgIpc) is 2.71. The number of halogens is 2. The Kier molecular flexibility index (Phi) is 3.00. The molecule has 0 saturated carbocycles. The fraction of sp³-hybridized carbons (Fsp3) is 0.0909. The SMILES string of the molecule is OCc1c(Cl)ccc(-c2ccc[nH]2)c1Cl. The van der Waals surface area contributed by atoms with Crippen LogP contribution in [-0.4, -0.2) is 10.1 Å². The second-order valence-corrected chi connectivity index (χ2v) is 3.91. The summed E-state index contributed by atoms with van der Waals surface area (Å²) in [6.07, 6.45) is 1.82. The molecule has 0 radical (unpaired) electrons. The Hall–Kier alpha value is -0.960. The fourth-order valence-electron chi connectivity index (χ4n) is 1.45. The minimum atomic E-state index is -0.161. The van der Waals surface area contributed by atoms with Gasteiger partial charge in [-0.25, -0.2) is 0 Å². The standard InChI is InChI=1S/C11H9Cl2NO/c12-9-4-3-7(10-2-1-5-14-10)11(13)8(9)6-15/h1-5,14-15H,6H2. The van der Waals surface area contributed by atoms with Crippen molar-refractivity contribution in [3.05, 3.63) is 46.1 Å². The molecule has 2 nitrogen and oxygen atoms in total. The van der Waals surface area contributed by atoms with Crippen molar-refractivity contribution in [3.63, 3.8) is 0 Å². The molecule has 0 amide bonds. The summed E-state index contributed by atoms with van der Waals surface area (Å²) in [6.45, 7) is -0.161. The highest BCUT2D eigenvalue weighted by molar-refractivity contribution is 6.37. The van der Waals surface area contributed by atoms with E-state index >= 15 is 0 Å². The first-order valence-electron chi connectivity index (χ1n) is 4.45. The lowest BCUT2D eigenvalue weighted by Crippen LogP contribution is -1.90. The van der Waals surface area contributed by atoms with Crippen LogP contribution >= 0.6 is 23.2 Å². The number of benzene rings is 1. The normalized spacial score (nSPS) is 10.6. The molecule has 0 aliphatic heterocycles. The second kappa shape index (κ2) is 4.27. The van der Waals surface area contributed by atoms with Crippen molar-refractivity contribution in [1.29, 1.82) is 0 Å². The van der Waals surface area contributed by atoms with Crippen molar-refractivity contribution in [2.75, 3.05) is 0 Å². The highest BCUT2D eigenvalue weighted by Crippen LogP contribution is 2.33. The average molecular weight is 242 g/mol. The maximum Gasteiger partial charge on any atom is 0.0711 e. The van der Waals surface area contributed by atoms with Gasteiger partial charge in [0.25, 0.3) is 0 Å². The molecule has 1 aromatic carbocycles. The van der Waals surface area contributed by atoms with Crippen LogP contribution in [0.2, 0.25) is 10.0 Å². The summed E-state index contributed by atoms with van der Waals surface area (Å²) in [5.74, 6) is 0. The number of nitrogens with one attached hydrogen (secondary N) is 1. The molecule has 1 aromatic heterocycles. The zero-order chi connectivity index (χ0) is 10.8. The van der Waals surface area contributed by atoms with Crippen molar-refractivity contribution in [3.8, 4) is 11.3 Å². The van der Waals surface area contributed by atoms with E-state index in [0.717, 1.165) is 11.3 Å². The molecule has 2 N–H and O–H groups in total. The van der Waals surface area contributed by atoms with Gasteiger partial charge in [-0.3, -0.25) is 0 Å². The lowest BCUT2D eigenvalue weighted by atomic mass is 10.1. The van der Waals surface area contributed by atoms with Crippen molar-refractivity contribution >= 4 is 23.2 Å². The van der Waals surface area contributed by atoms with Crippen LogP contribution in [-0.2, 0) is 6.61 Å². The number of rotatable bonds is 2. The van der Waals surface area contributed by atoms with Crippen LogP contribution in [0.1, 0.15) is 5.56 Å². The Balaban J connectivity index is 2.60. The van der Waals surface area contributed by atoms with Crippen molar-refractivity contribution < 1.29 is 5.11 Å². The smallest absolute Gasteiger partial charge is 0.0711 e. The van der Waals surface area contributed by atoms with E-state index < -0.39 is 0 Å². The zero-order valence-electron chi connectivity index (χ0n) is 7.80. The van der Waals surface area contributed by atoms with Crippen LogP contribution < -0.4 is 0 Å². The van der Waals surface area contributed by atoms with E-state index in [9.17, 15) is 0 Å². The number of H-pyrrole nitrogens is 1. The van der Waals surface area contributed by atoms with Gasteiger partial charge in [-0.15, -0.1) is 0 Å². The van der Waals surface area contributed by atoms with Gasteiger partial charge in [0.15, 0.2) is 0 Å². The summed E-state index contributed by atoms with van der Waals surface area (Å²) in [6, 6.07) is 7.36. The summed E-state index contributed by atoms with van der Waals surface area (Å²) >= 11 is 12.0. The van der Waals surface area contributed by atoms with Crippen LogP contribution in [0.15, 0.2) is 30.5 Å². The molecule has 0 fully saturated rings. The van der Waals surface area contributed by atoms with Gasteiger partial charge in [-0.1, -0.05) is 23.2 Å². The van der Waals surface area contributed by atoms with Gasteiger partial charge in [0, 0.05) is 28.0 Å². The highest BCUT2D eigenvalue weighted by atomic mass is 35.5. The first kappa shape index (κ1) is 10.6. The summed E-state index contributed by atoms with van der Waals surface area (Å²) in [5.41, 5.74) is 2.31. The number of hydrogen-bond acceptors (Lipinski definition) is 1. The summed E-state index contributed by atoms with van der Waals surface area (Å²) in [4.78, 5) is 3.06. The molecule has 0 atom stereocenters. The fourth-order valence-corrected chi connectivity index (χ4v) is 2.04. The van der Waals surface area contributed by atoms with Crippen molar-refractivity contribution in [2.24, 2.45) is 0 Å². The third-order valence-electron chi connectivity index (χ3n) is 2.23. The Morgan fingerprint density at radius 3 is 2.60 bits per heavy atom. The Morgan fingerprint density at radius 2 is 2.00 bits per heavy atom. The molecule has 1 heterocycles. The summed E-state index contributed by atoms with van der Waals surface area (Å²) in [7, 11) is 0. The summed E-state index contributed by atoms with van der Waals surface area (Å²) < 4.78 is 0. The third-order valence-corrected chi connectivity index (χ3v) is 3.02. The molecule has 0 aliphatic rings. The molecule has 0 unspecified atom stereocenters. The minimum Gasteiger partial charge on any atom is -0.392 e. The molecule has 78 valence electrons. The van der Waals surface area contributed by atoms with E-state index in [0.29, 0.717) is 15.6 Å². The highest BCUT2D eigenvalue weighted by Gasteiger charge is 2.11. The van der Waals surface area contributed by atoms with Crippen molar-refractivity contribution in [1.82, 2.24) is 4.98 Å². The molecular weight excluding hydrogens is 233 g/mol. The van der Waals surface area contributed by atoms with Crippen LogP contribution in [0.4, 0.5) is 0 Å². The number of aliphatic hydroxyl groups excluding tert-OH is 1. The molecule has 0 aliphatic carbocycles. The molecule has 15 heavy (non-hydrogen) atoms. The lowest BCUT2D eigenvalue weighted by Gasteiger charge is -2.08. The van der Waals surface area contributed by atoms with E-state index in [1.165, 1.54) is 0 Å². The van der Waals surface area contributed by atoms with Crippen molar-refractivity contribution in [2.45, 2.75) is 6.61 Å². The van der Waals surface area contributed by atoms with E-state index in [2.05, 4.69) is 4.98 Å². The third kappa shape index (κ3) is 1.88. The van der Waals surface area contributed by atoms with Gasteiger partial charge < -0.3 is 10.1 Å². The topological polar surface area (TPSA) is 36.0 Å². The first-order valence-corrected chi connectivity index (χ1v) is 5.21. The largest absolute Gasteiger partial charge is 0.392 e. The molecule has 2 rings (SSSR count). The maximum absolute atomic E-state index is 9.14. The second-order valence-electron chi connectivity index (χ2n) is 3.13. The molecule has 2 aromatic rings. The van der Waals surface area contributed by atoms with Gasteiger partial charge >= 0.3 is 0 Å². The van der Waals surface area contributed by atoms with Gasteiger partial charge in [-0.2, -0.15) is 0 Å². The van der Waals surface area contributed by atoms with Gasteiger partial charge in [0.1, 0.15) is 0 Å². The monoisotopic (exact) mass is 241 g/mol. The van der Waals surface area contributed by atoms with Gasteiger partial charge in [0.05, 0.1) is 11.6 Å². The number of aromatic amines is 1. The van der Waals surface area contributed by atoms with Crippen LogP contribution in [0.25, 0.3) is 11.3 Å². The molecule has 0 saturated heterocycles. The van der Waals surface area contributed by atoms with Crippen LogP contribution in [0.5, 0.6) is 0 Å². The van der Waals surface area contributed by atoms with Gasteiger partial charge in [0.2, 0.25) is 0 Å². The Labute approximate surface area is 97.5 Å². The predicted molar refractivity (Wildman–Crippen MR) is 62.2 cm³/mol. The van der Waals surface area contributed by atoms with Crippen LogP contribution in [0.3, 0.4) is 0 Å². The van der Waals surface area contributed by atoms with E-state index in [-0.39, 0.29) is 6.61 Å². The van der Waals surface area contributed by atoms with E-state index in [1.807, 2.05) is 24.4 Å². The van der Waals surface area contributed by atoms with Gasteiger partial charge in [-0.05, 0) is 24.3 Å². The quantitative estimate of drug-likeness (QED) is 0.830. The molecular formula is C11H9Cl2NO. The lowest BCUT2D eigenvalue weighted by molar-refractivity contribution is 0.282. The Morgan fingerprint density at radius 1 is 1.20 bits per heavy atom. The zero-order valence-corrected chi connectivity index (χ0v) is 9.31. The minimum absolute atomic E-state index is 0.161. The number of aliphatic hydroxyl groups is 1. The molecule has 0 spiro atoms. The summed E-state index contributed by atoms with van der Waals surface area (Å²) in [5, 5.41) is 10.1. The number of aromatic nitrogens is 1. The Bertz CT molecular complexity index is 466. The van der Waals surface area contributed by atoms with Crippen LogP contribution in [0, 0.1) is 0 Å². The molecule has 4 heteroatoms. The predicted octanol–water partition coefficient (Wildman–Crippen LogP) is 3.48. The molecule has 0 bridgehead atoms. The van der Waals surface area contributed by atoms with E-state index in [4.69, 9.17) is 28.3 Å². The first-order chi connectivity index (χ1) is 7.24. The number of hydrogen-bond donors (Lipinski definition) is 2. The maximum atomic E-state index is 9.14.